The van der Waals surface area contributed by atoms with Gasteiger partial charge in [0, 0.05) is 12.6 Å². The molecule has 0 aliphatic carbocycles. The summed E-state index contributed by atoms with van der Waals surface area (Å²) in [5.41, 5.74) is 7.01. The average Bonchev–Trinajstić information content (AvgIpc) is 2.85. The summed E-state index contributed by atoms with van der Waals surface area (Å²) in [4.78, 5) is 0. The molecule has 1 fully saturated rings. The molecule has 0 saturated carbocycles. The van der Waals surface area contributed by atoms with E-state index < -0.39 is 9.84 Å². The maximum absolute atomic E-state index is 11.4. The van der Waals surface area contributed by atoms with Crippen molar-refractivity contribution in [3.05, 3.63) is 24.2 Å². The number of pyridine rings is 1. The number of nitrogen functional groups attached to an aromatic ring is 1. The minimum Gasteiger partial charge on any atom is -0.396 e. The number of sulfone groups is 1. The lowest BCUT2D eigenvalue weighted by Crippen LogP contribution is -2.09. The Labute approximate surface area is 105 Å². The molecule has 1 aliphatic rings. The molecule has 0 amide bonds. The molecular formula is C11H14N4O2S. The molecule has 0 aromatic carbocycles. The van der Waals surface area contributed by atoms with Crippen molar-refractivity contribution in [2.45, 2.75) is 12.8 Å². The average molecular weight is 266 g/mol. The van der Waals surface area contributed by atoms with E-state index in [0.717, 1.165) is 5.82 Å². The molecule has 1 unspecified atom stereocenters. The molecule has 7 heteroatoms. The van der Waals surface area contributed by atoms with Gasteiger partial charge in [0.15, 0.2) is 15.5 Å². The Hall–Kier alpha value is -1.63. The number of hydrogen-bond donors (Lipinski definition) is 1. The number of rotatable bonds is 2. The van der Waals surface area contributed by atoms with E-state index in [-0.39, 0.29) is 17.4 Å². The van der Waals surface area contributed by atoms with E-state index in [9.17, 15) is 8.42 Å². The summed E-state index contributed by atoms with van der Waals surface area (Å²) in [6.45, 7) is 0. The van der Waals surface area contributed by atoms with Crippen LogP contribution in [0.15, 0.2) is 18.3 Å². The molecule has 6 nitrogen and oxygen atoms in total. The van der Waals surface area contributed by atoms with Gasteiger partial charge in [-0.3, -0.25) is 4.40 Å². The van der Waals surface area contributed by atoms with E-state index in [2.05, 4.69) is 10.2 Å². The van der Waals surface area contributed by atoms with Crippen molar-refractivity contribution >= 4 is 21.2 Å². The van der Waals surface area contributed by atoms with E-state index in [0.29, 0.717) is 24.2 Å². The van der Waals surface area contributed by atoms with Crippen LogP contribution in [-0.4, -0.2) is 34.5 Å². The highest BCUT2D eigenvalue weighted by Crippen LogP contribution is 2.22. The van der Waals surface area contributed by atoms with Crippen LogP contribution in [0.1, 0.15) is 12.2 Å². The standard InChI is InChI=1S/C11H14N4O2S/c12-9-2-1-4-15-10(13-14-11(9)15)6-8-3-5-18(16,17)7-8/h1-2,4,8H,3,5-7,12H2. The summed E-state index contributed by atoms with van der Waals surface area (Å²) in [6.07, 6.45) is 3.19. The van der Waals surface area contributed by atoms with Gasteiger partial charge in [0.1, 0.15) is 5.82 Å². The van der Waals surface area contributed by atoms with Gasteiger partial charge < -0.3 is 5.73 Å². The van der Waals surface area contributed by atoms with Crippen molar-refractivity contribution in [1.29, 1.82) is 0 Å². The molecule has 1 atom stereocenters. The fraction of sp³-hybridized carbons (Fsp3) is 0.455. The van der Waals surface area contributed by atoms with Gasteiger partial charge in [-0.2, -0.15) is 0 Å². The zero-order valence-electron chi connectivity index (χ0n) is 9.78. The molecule has 1 aliphatic heterocycles. The summed E-state index contributed by atoms with van der Waals surface area (Å²) in [5, 5.41) is 8.14. The number of aromatic nitrogens is 3. The molecule has 1 saturated heterocycles. The Balaban J connectivity index is 1.90. The van der Waals surface area contributed by atoms with Crippen LogP contribution in [0.4, 0.5) is 5.69 Å². The van der Waals surface area contributed by atoms with Crippen molar-refractivity contribution in [1.82, 2.24) is 14.6 Å². The summed E-state index contributed by atoms with van der Waals surface area (Å²) in [7, 11) is -2.84. The second kappa shape index (κ2) is 3.94. The first-order valence-corrected chi connectivity index (χ1v) is 7.66. The van der Waals surface area contributed by atoms with Crippen LogP contribution in [0.3, 0.4) is 0 Å². The SMILES string of the molecule is Nc1cccn2c(CC3CCS(=O)(=O)C3)nnc12. The maximum Gasteiger partial charge on any atom is 0.183 e. The van der Waals surface area contributed by atoms with E-state index in [1.165, 1.54) is 0 Å². The Morgan fingerprint density at radius 2 is 2.28 bits per heavy atom. The van der Waals surface area contributed by atoms with Crippen molar-refractivity contribution in [3.8, 4) is 0 Å². The molecular weight excluding hydrogens is 252 g/mol. The highest BCUT2D eigenvalue weighted by molar-refractivity contribution is 7.91. The first-order chi connectivity index (χ1) is 8.55. The van der Waals surface area contributed by atoms with Crippen LogP contribution in [0.25, 0.3) is 5.65 Å². The number of hydrogen-bond acceptors (Lipinski definition) is 5. The lowest BCUT2D eigenvalue weighted by Gasteiger charge is -2.05. The van der Waals surface area contributed by atoms with E-state index in [1.54, 1.807) is 6.07 Å². The summed E-state index contributed by atoms with van der Waals surface area (Å²) in [5.74, 6) is 1.46. The zero-order chi connectivity index (χ0) is 12.8. The molecule has 96 valence electrons. The second-order valence-corrected chi connectivity index (χ2v) is 6.98. The number of fused-ring (bicyclic) bond motifs is 1. The van der Waals surface area contributed by atoms with Crippen LogP contribution in [0.2, 0.25) is 0 Å². The Morgan fingerprint density at radius 3 is 3.00 bits per heavy atom. The predicted molar refractivity (Wildman–Crippen MR) is 67.9 cm³/mol. The molecule has 0 spiro atoms. The highest BCUT2D eigenvalue weighted by Gasteiger charge is 2.29. The Kier molecular flexibility index (Phi) is 2.51. The molecule has 2 aromatic rings. The van der Waals surface area contributed by atoms with Crippen molar-refractivity contribution in [3.63, 3.8) is 0 Å². The van der Waals surface area contributed by atoms with Crippen LogP contribution >= 0.6 is 0 Å². The topological polar surface area (TPSA) is 90.3 Å². The van der Waals surface area contributed by atoms with E-state index in [4.69, 9.17) is 5.73 Å². The highest BCUT2D eigenvalue weighted by atomic mass is 32.2. The lowest BCUT2D eigenvalue weighted by atomic mass is 10.1. The van der Waals surface area contributed by atoms with Gasteiger partial charge in [-0.25, -0.2) is 8.42 Å². The van der Waals surface area contributed by atoms with Gasteiger partial charge in [0.25, 0.3) is 0 Å². The second-order valence-electron chi connectivity index (χ2n) is 4.75. The molecule has 2 N–H and O–H groups in total. The third-order valence-electron chi connectivity index (χ3n) is 3.33. The summed E-state index contributed by atoms with van der Waals surface area (Å²) in [6, 6.07) is 3.61. The van der Waals surface area contributed by atoms with Crippen LogP contribution in [0, 0.1) is 5.92 Å². The third-order valence-corrected chi connectivity index (χ3v) is 5.17. The number of nitrogens with zero attached hydrogens (tertiary/aromatic N) is 3. The smallest absolute Gasteiger partial charge is 0.183 e. The fourth-order valence-electron chi connectivity index (χ4n) is 2.41. The van der Waals surface area contributed by atoms with Gasteiger partial charge in [0.05, 0.1) is 17.2 Å². The Morgan fingerprint density at radius 1 is 1.44 bits per heavy atom. The third kappa shape index (κ3) is 1.94. The maximum atomic E-state index is 11.4. The van der Waals surface area contributed by atoms with Crippen LogP contribution < -0.4 is 5.73 Å². The molecule has 0 bridgehead atoms. The monoisotopic (exact) mass is 266 g/mol. The first-order valence-electron chi connectivity index (χ1n) is 5.84. The number of anilines is 1. The van der Waals surface area contributed by atoms with Gasteiger partial charge in [-0.1, -0.05) is 0 Å². The Bertz CT molecular complexity index is 692. The predicted octanol–water partition coefficient (Wildman–Crippen LogP) is 0.289. The van der Waals surface area contributed by atoms with Crippen molar-refractivity contribution < 1.29 is 8.42 Å². The van der Waals surface area contributed by atoms with Crippen molar-refractivity contribution in [2.24, 2.45) is 5.92 Å². The van der Waals surface area contributed by atoms with Gasteiger partial charge in [-0.05, 0) is 24.5 Å². The fourth-order valence-corrected chi connectivity index (χ4v) is 4.28. The van der Waals surface area contributed by atoms with Crippen LogP contribution in [0.5, 0.6) is 0 Å². The minimum absolute atomic E-state index is 0.142. The van der Waals surface area contributed by atoms with Crippen molar-refractivity contribution in [2.75, 3.05) is 17.2 Å². The lowest BCUT2D eigenvalue weighted by molar-refractivity contribution is 0.566. The van der Waals surface area contributed by atoms with Gasteiger partial charge in [-0.15, -0.1) is 10.2 Å². The van der Waals surface area contributed by atoms with Gasteiger partial charge in [0.2, 0.25) is 0 Å². The summed E-state index contributed by atoms with van der Waals surface area (Å²) < 4.78 is 24.7. The summed E-state index contributed by atoms with van der Waals surface area (Å²) >= 11 is 0. The van der Waals surface area contributed by atoms with Gasteiger partial charge >= 0.3 is 0 Å². The zero-order valence-corrected chi connectivity index (χ0v) is 10.6. The molecule has 3 heterocycles. The minimum atomic E-state index is -2.84. The quantitative estimate of drug-likeness (QED) is 0.843. The van der Waals surface area contributed by atoms with Crippen LogP contribution in [-0.2, 0) is 16.3 Å². The normalized spacial score (nSPS) is 22.6. The number of nitrogens with two attached hydrogens (primary N) is 1. The molecule has 2 aromatic heterocycles. The van der Waals surface area contributed by atoms with E-state index in [1.807, 2.05) is 16.7 Å². The largest absolute Gasteiger partial charge is 0.396 e. The van der Waals surface area contributed by atoms with E-state index >= 15 is 0 Å². The molecule has 0 radical (unpaired) electrons. The molecule has 18 heavy (non-hydrogen) atoms. The molecule has 3 rings (SSSR count). The first kappa shape index (κ1) is 11.5.